The van der Waals surface area contributed by atoms with Gasteiger partial charge in [-0.2, -0.15) is 0 Å². The molecule has 1 aromatic heterocycles. The summed E-state index contributed by atoms with van der Waals surface area (Å²) in [5.74, 6) is 1.46. The fourth-order valence-corrected chi connectivity index (χ4v) is 3.36. The van der Waals surface area contributed by atoms with Crippen molar-refractivity contribution < 1.29 is 4.21 Å². The van der Waals surface area contributed by atoms with Gasteiger partial charge in [-0.1, -0.05) is 0 Å². The largest absolute Gasteiger partial charge is 0.322 e. The van der Waals surface area contributed by atoms with Crippen molar-refractivity contribution in [2.24, 2.45) is 0 Å². The first-order valence-electron chi connectivity index (χ1n) is 4.83. The average molecular weight is 244 g/mol. The molecule has 0 atom stereocenters. The molecule has 0 unspecified atom stereocenters. The predicted octanol–water partition coefficient (Wildman–Crippen LogP) is 0.989. The second-order valence-corrected chi connectivity index (χ2v) is 5.68. The van der Waals surface area contributed by atoms with Gasteiger partial charge in [-0.25, -0.2) is 0 Å². The summed E-state index contributed by atoms with van der Waals surface area (Å²) in [5, 5.41) is 0. The van der Waals surface area contributed by atoms with Gasteiger partial charge in [0.25, 0.3) is 5.56 Å². The maximum absolute atomic E-state index is 11.2. The molecule has 0 aromatic carbocycles. The van der Waals surface area contributed by atoms with Gasteiger partial charge in [0.15, 0.2) is 4.77 Å². The van der Waals surface area contributed by atoms with Gasteiger partial charge in [0, 0.05) is 40.6 Å². The zero-order valence-electron chi connectivity index (χ0n) is 8.14. The van der Waals surface area contributed by atoms with Crippen LogP contribution in [0, 0.1) is 4.77 Å². The van der Waals surface area contributed by atoms with E-state index in [0.717, 1.165) is 24.3 Å². The molecule has 1 aliphatic heterocycles. The van der Waals surface area contributed by atoms with Gasteiger partial charge in [0.2, 0.25) is 0 Å². The molecule has 1 aliphatic rings. The van der Waals surface area contributed by atoms with Crippen LogP contribution in [0.25, 0.3) is 0 Å². The van der Waals surface area contributed by atoms with Gasteiger partial charge in [-0.3, -0.25) is 14.0 Å². The number of rotatable bonds is 1. The van der Waals surface area contributed by atoms with Crippen molar-refractivity contribution in [1.29, 1.82) is 0 Å². The minimum Gasteiger partial charge on any atom is -0.322 e. The van der Waals surface area contributed by atoms with Crippen molar-refractivity contribution >= 4 is 23.0 Å². The maximum atomic E-state index is 11.2. The molecule has 2 rings (SSSR count). The molecule has 15 heavy (non-hydrogen) atoms. The number of H-pyrrole nitrogens is 1. The van der Waals surface area contributed by atoms with Gasteiger partial charge in [-0.15, -0.1) is 0 Å². The first kappa shape index (κ1) is 10.8. The van der Waals surface area contributed by atoms with Gasteiger partial charge in [-0.05, 0) is 25.1 Å². The fraction of sp³-hybridized carbons (Fsp3) is 0.556. The van der Waals surface area contributed by atoms with Crippen molar-refractivity contribution in [2.45, 2.75) is 18.9 Å². The van der Waals surface area contributed by atoms with Gasteiger partial charge >= 0.3 is 0 Å². The Morgan fingerprint density at radius 2 is 2.13 bits per heavy atom. The minimum atomic E-state index is -0.665. The lowest BCUT2D eigenvalue weighted by Crippen LogP contribution is -2.24. The normalized spacial score (nSPS) is 26.4. The van der Waals surface area contributed by atoms with Crippen LogP contribution in [0.2, 0.25) is 0 Å². The monoisotopic (exact) mass is 244 g/mol. The lowest BCUT2D eigenvalue weighted by atomic mass is 10.1. The van der Waals surface area contributed by atoms with Gasteiger partial charge < -0.3 is 4.57 Å². The quantitative estimate of drug-likeness (QED) is 0.750. The molecule has 0 aliphatic carbocycles. The standard InChI is InChI=1S/C9H12N2O2S2/c12-8-1-4-11(9(14)10-8)7-2-5-15(13)6-3-7/h1,4,7H,2-3,5-6H2,(H,10,12,14). The van der Waals surface area contributed by atoms with Crippen molar-refractivity contribution in [2.75, 3.05) is 11.5 Å². The molecule has 4 nitrogen and oxygen atoms in total. The molecular weight excluding hydrogens is 232 g/mol. The van der Waals surface area contributed by atoms with Crippen LogP contribution in [-0.2, 0) is 10.8 Å². The van der Waals surface area contributed by atoms with Gasteiger partial charge in [0.05, 0.1) is 0 Å². The summed E-state index contributed by atoms with van der Waals surface area (Å²) >= 11 is 5.08. The molecule has 0 saturated carbocycles. The highest BCUT2D eigenvalue weighted by Gasteiger charge is 2.19. The van der Waals surface area contributed by atoms with Crippen molar-refractivity contribution in [3.05, 3.63) is 27.4 Å². The smallest absolute Gasteiger partial charge is 0.251 e. The first-order chi connectivity index (χ1) is 7.16. The van der Waals surface area contributed by atoms with Crippen molar-refractivity contribution in [1.82, 2.24) is 9.55 Å². The highest BCUT2D eigenvalue weighted by molar-refractivity contribution is 7.85. The molecule has 0 amide bonds. The Bertz CT molecular complexity index is 481. The Hall–Kier alpha value is -0.750. The van der Waals surface area contributed by atoms with Crippen LogP contribution in [0.1, 0.15) is 18.9 Å². The molecule has 2 heterocycles. The van der Waals surface area contributed by atoms with Crippen LogP contribution in [0.15, 0.2) is 17.1 Å². The van der Waals surface area contributed by atoms with Crippen LogP contribution >= 0.6 is 12.2 Å². The summed E-state index contributed by atoms with van der Waals surface area (Å²) < 4.78 is 13.6. The predicted molar refractivity (Wildman–Crippen MR) is 62.0 cm³/mol. The van der Waals surface area contributed by atoms with E-state index in [2.05, 4.69) is 4.98 Å². The first-order valence-corrected chi connectivity index (χ1v) is 6.73. The molecule has 1 N–H and O–H groups in total. The number of aromatic nitrogens is 2. The highest BCUT2D eigenvalue weighted by Crippen LogP contribution is 2.21. The van der Waals surface area contributed by atoms with Crippen LogP contribution < -0.4 is 5.56 Å². The molecule has 82 valence electrons. The Balaban J connectivity index is 2.26. The summed E-state index contributed by atoms with van der Waals surface area (Å²) in [4.78, 5) is 13.6. The van der Waals surface area contributed by atoms with Crippen molar-refractivity contribution in [3.63, 3.8) is 0 Å². The van der Waals surface area contributed by atoms with E-state index in [9.17, 15) is 9.00 Å². The number of aromatic amines is 1. The minimum absolute atomic E-state index is 0.171. The van der Waals surface area contributed by atoms with E-state index in [1.807, 2.05) is 4.57 Å². The molecule has 0 bridgehead atoms. The number of hydrogen-bond donors (Lipinski definition) is 1. The molecule has 0 radical (unpaired) electrons. The van der Waals surface area contributed by atoms with E-state index >= 15 is 0 Å². The lowest BCUT2D eigenvalue weighted by molar-refractivity contribution is 0.449. The maximum Gasteiger partial charge on any atom is 0.251 e. The van der Waals surface area contributed by atoms with E-state index in [0.29, 0.717) is 4.77 Å². The molecule has 1 aromatic rings. The number of nitrogens with zero attached hydrogens (tertiary/aromatic N) is 1. The summed E-state index contributed by atoms with van der Waals surface area (Å²) in [6.45, 7) is 0. The van der Waals surface area contributed by atoms with Crippen LogP contribution in [0.5, 0.6) is 0 Å². The van der Waals surface area contributed by atoms with E-state index in [-0.39, 0.29) is 11.6 Å². The van der Waals surface area contributed by atoms with E-state index in [4.69, 9.17) is 12.2 Å². The second-order valence-electron chi connectivity index (χ2n) is 3.60. The second kappa shape index (κ2) is 4.40. The van der Waals surface area contributed by atoms with E-state index < -0.39 is 10.8 Å². The summed E-state index contributed by atoms with van der Waals surface area (Å²) in [6, 6.07) is 1.76. The topological polar surface area (TPSA) is 54.9 Å². The van der Waals surface area contributed by atoms with Gasteiger partial charge in [0.1, 0.15) is 0 Å². The Morgan fingerprint density at radius 1 is 1.47 bits per heavy atom. The highest BCUT2D eigenvalue weighted by atomic mass is 32.2. The third kappa shape index (κ3) is 2.43. The van der Waals surface area contributed by atoms with E-state index in [1.165, 1.54) is 6.07 Å². The van der Waals surface area contributed by atoms with Crippen LogP contribution in [0.4, 0.5) is 0 Å². The third-order valence-electron chi connectivity index (χ3n) is 2.60. The summed E-state index contributed by atoms with van der Waals surface area (Å²) in [6.07, 6.45) is 3.46. The molecular formula is C9H12N2O2S2. The number of hydrogen-bond acceptors (Lipinski definition) is 3. The zero-order valence-corrected chi connectivity index (χ0v) is 9.77. The summed E-state index contributed by atoms with van der Waals surface area (Å²) in [5.41, 5.74) is -0.171. The average Bonchev–Trinajstić information content (AvgIpc) is 2.20. The lowest BCUT2D eigenvalue weighted by Gasteiger charge is -2.23. The molecule has 0 spiro atoms. The van der Waals surface area contributed by atoms with Crippen LogP contribution in [-0.4, -0.2) is 25.3 Å². The molecule has 6 heteroatoms. The van der Waals surface area contributed by atoms with Crippen molar-refractivity contribution in [3.8, 4) is 0 Å². The van der Waals surface area contributed by atoms with E-state index in [1.54, 1.807) is 6.20 Å². The Labute approximate surface area is 94.8 Å². The fourth-order valence-electron chi connectivity index (χ4n) is 1.77. The number of nitrogens with one attached hydrogen (secondary N) is 1. The SMILES string of the molecule is O=c1ccn(C2CCS(=O)CC2)c(=S)[nH]1. The Morgan fingerprint density at radius 3 is 2.73 bits per heavy atom. The zero-order chi connectivity index (χ0) is 10.8. The van der Waals surface area contributed by atoms with Crippen LogP contribution in [0.3, 0.4) is 0 Å². The molecule has 1 saturated heterocycles. The Kier molecular flexibility index (Phi) is 3.16. The molecule has 1 fully saturated rings. The third-order valence-corrected chi connectivity index (χ3v) is 4.30. The summed E-state index contributed by atoms with van der Waals surface area (Å²) in [7, 11) is -0.665.